The van der Waals surface area contributed by atoms with Crippen LogP contribution in [0.25, 0.3) is 5.57 Å². The van der Waals surface area contributed by atoms with Crippen LogP contribution in [-0.4, -0.2) is 5.11 Å². The number of rotatable bonds is 3. The van der Waals surface area contributed by atoms with E-state index in [1.54, 1.807) is 6.08 Å². The number of allylic oxidation sites excluding steroid dienone is 4. The molecule has 0 saturated carbocycles. The number of hydrogen-bond acceptors (Lipinski definition) is 1. The molecule has 0 radical (unpaired) electrons. The van der Waals surface area contributed by atoms with E-state index in [0.29, 0.717) is 5.02 Å². The summed E-state index contributed by atoms with van der Waals surface area (Å²) in [4.78, 5) is 0. The van der Waals surface area contributed by atoms with Crippen LogP contribution in [0, 0.1) is 0 Å². The Labute approximate surface area is 95.0 Å². The Morgan fingerprint density at radius 3 is 2.33 bits per heavy atom. The third kappa shape index (κ3) is 3.64. The monoisotopic (exact) mass is 220 g/mol. The Kier molecular flexibility index (Phi) is 4.19. The minimum absolute atomic E-state index is 0.0447. The number of aliphatic hydroxyl groups is 1. The SMILES string of the molecule is C=C(O)/C=C\C(=C/C)c1ccc(Cl)cc1. The lowest BCUT2D eigenvalue weighted by Gasteiger charge is -2.01. The lowest BCUT2D eigenvalue weighted by Crippen LogP contribution is -1.80. The van der Waals surface area contributed by atoms with Crippen molar-refractivity contribution in [2.45, 2.75) is 6.92 Å². The van der Waals surface area contributed by atoms with Crippen molar-refractivity contribution < 1.29 is 5.11 Å². The molecule has 0 aliphatic rings. The van der Waals surface area contributed by atoms with Gasteiger partial charge in [0.25, 0.3) is 0 Å². The standard InChI is InChI=1S/C13H13ClO/c1-3-11(5-4-10(2)15)12-6-8-13(14)9-7-12/h3-9,15H,2H2,1H3/b5-4-,11-3+. The van der Waals surface area contributed by atoms with E-state index in [9.17, 15) is 0 Å². The van der Waals surface area contributed by atoms with Gasteiger partial charge in [-0.3, -0.25) is 0 Å². The molecular weight excluding hydrogens is 208 g/mol. The first-order valence-electron chi connectivity index (χ1n) is 4.61. The van der Waals surface area contributed by atoms with E-state index >= 15 is 0 Å². The van der Waals surface area contributed by atoms with Crippen LogP contribution in [0.3, 0.4) is 0 Å². The van der Waals surface area contributed by atoms with Gasteiger partial charge in [-0.2, -0.15) is 0 Å². The predicted octanol–water partition coefficient (Wildman–Crippen LogP) is 4.37. The minimum Gasteiger partial charge on any atom is -0.509 e. The highest BCUT2D eigenvalue weighted by molar-refractivity contribution is 6.30. The van der Waals surface area contributed by atoms with E-state index < -0.39 is 0 Å². The zero-order valence-electron chi connectivity index (χ0n) is 8.57. The largest absolute Gasteiger partial charge is 0.509 e. The Balaban J connectivity index is 2.94. The second-order valence-corrected chi connectivity index (χ2v) is 3.51. The smallest absolute Gasteiger partial charge is 0.108 e. The lowest BCUT2D eigenvalue weighted by atomic mass is 10.1. The third-order valence-electron chi connectivity index (χ3n) is 1.94. The summed E-state index contributed by atoms with van der Waals surface area (Å²) in [6, 6.07) is 7.54. The van der Waals surface area contributed by atoms with Crippen molar-refractivity contribution in [2.24, 2.45) is 0 Å². The van der Waals surface area contributed by atoms with Gasteiger partial charge in [0.15, 0.2) is 0 Å². The summed E-state index contributed by atoms with van der Waals surface area (Å²) < 4.78 is 0. The quantitative estimate of drug-likeness (QED) is 0.592. The second kappa shape index (κ2) is 5.42. The van der Waals surface area contributed by atoms with E-state index in [0.717, 1.165) is 11.1 Å². The normalized spacial score (nSPS) is 12.0. The molecule has 0 aliphatic carbocycles. The average molecular weight is 221 g/mol. The molecule has 0 unspecified atom stereocenters. The van der Waals surface area contributed by atoms with Gasteiger partial charge in [0.1, 0.15) is 5.76 Å². The lowest BCUT2D eigenvalue weighted by molar-refractivity contribution is 0.435. The van der Waals surface area contributed by atoms with Gasteiger partial charge >= 0.3 is 0 Å². The van der Waals surface area contributed by atoms with Gasteiger partial charge in [-0.15, -0.1) is 0 Å². The van der Waals surface area contributed by atoms with E-state index in [4.69, 9.17) is 16.7 Å². The fraction of sp³-hybridized carbons (Fsp3) is 0.0769. The molecule has 1 nitrogen and oxygen atoms in total. The van der Waals surface area contributed by atoms with Gasteiger partial charge in [-0.25, -0.2) is 0 Å². The summed E-state index contributed by atoms with van der Waals surface area (Å²) >= 11 is 5.80. The van der Waals surface area contributed by atoms with Gasteiger partial charge in [-0.05, 0) is 36.3 Å². The molecule has 0 atom stereocenters. The highest BCUT2D eigenvalue weighted by Crippen LogP contribution is 2.18. The van der Waals surface area contributed by atoms with Crippen molar-refractivity contribution in [1.82, 2.24) is 0 Å². The van der Waals surface area contributed by atoms with Crippen molar-refractivity contribution in [2.75, 3.05) is 0 Å². The van der Waals surface area contributed by atoms with E-state index in [1.165, 1.54) is 0 Å². The summed E-state index contributed by atoms with van der Waals surface area (Å²) in [5, 5.41) is 9.67. The summed E-state index contributed by atoms with van der Waals surface area (Å²) in [5.41, 5.74) is 2.07. The Bertz CT molecular complexity index is 399. The molecule has 0 aliphatic heterocycles. The fourth-order valence-corrected chi connectivity index (χ4v) is 1.31. The molecule has 0 amide bonds. The van der Waals surface area contributed by atoms with Crippen molar-refractivity contribution >= 4 is 17.2 Å². The van der Waals surface area contributed by atoms with Gasteiger partial charge in [0.2, 0.25) is 0 Å². The number of benzene rings is 1. The molecule has 1 N–H and O–H groups in total. The molecule has 0 aromatic heterocycles. The first-order valence-corrected chi connectivity index (χ1v) is 4.99. The topological polar surface area (TPSA) is 20.2 Å². The van der Waals surface area contributed by atoms with Crippen LogP contribution < -0.4 is 0 Å². The van der Waals surface area contributed by atoms with Crippen molar-refractivity contribution in [3.8, 4) is 0 Å². The van der Waals surface area contributed by atoms with Crippen molar-refractivity contribution in [1.29, 1.82) is 0 Å². The molecule has 0 bridgehead atoms. The van der Waals surface area contributed by atoms with Crippen molar-refractivity contribution in [3.05, 3.63) is 65.4 Å². The zero-order valence-corrected chi connectivity index (χ0v) is 9.33. The first-order chi connectivity index (χ1) is 7.13. The van der Waals surface area contributed by atoms with Crippen LogP contribution in [0.1, 0.15) is 12.5 Å². The summed E-state index contributed by atoms with van der Waals surface area (Å²) in [7, 11) is 0. The number of aliphatic hydroxyl groups excluding tert-OH is 1. The summed E-state index contributed by atoms with van der Waals surface area (Å²) in [6.07, 6.45) is 5.33. The molecule has 15 heavy (non-hydrogen) atoms. The minimum atomic E-state index is 0.0447. The number of halogens is 1. The highest BCUT2D eigenvalue weighted by atomic mass is 35.5. The molecule has 1 aromatic carbocycles. The van der Waals surface area contributed by atoms with Crippen LogP contribution in [0.2, 0.25) is 5.02 Å². The maximum absolute atomic E-state index is 8.96. The Morgan fingerprint density at radius 1 is 1.27 bits per heavy atom. The molecule has 0 spiro atoms. The maximum atomic E-state index is 8.96. The van der Waals surface area contributed by atoms with Gasteiger partial charge in [0, 0.05) is 5.02 Å². The molecule has 1 rings (SSSR count). The molecule has 1 aromatic rings. The first kappa shape index (κ1) is 11.6. The average Bonchev–Trinajstić information content (AvgIpc) is 2.21. The third-order valence-corrected chi connectivity index (χ3v) is 2.20. The summed E-state index contributed by atoms with van der Waals surface area (Å²) in [6.45, 7) is 5.33. The summed E-state index contributed by atoms with van der Waals surface area (Å²) in [5.74, 6) is 0.0447. The molecule has 0 fully saturated rings. The van der Waals surface area contributed by atoms with Crippen LogP contribution in [0.5, 0.6) is 0 Å². The van der Waals surface area contributed by atoms with Crippen LogP contribution in [-0.2, 0) is 0 Å². The molecule has 78 valence electrons. The van der Waals surface area contributed by atoms with Gasteiger partial charge in [-0.1, -0.05) is 42.5 Å². The molecular formula is C13H13ClO. The molecule has 0 saturated heterocycles. The molecule has 0 heterocycles. The number of hydrogen-bond donors (Lipinski definition) is 1. The Morgan fingerprint density at radius 2 is 1.87 bits per heavy atom. The highest BCUT2D eigenvalue weighted by Gasteiger charge is 1.96. The second-order valence-electron chi connectivity index (χ2n) is 3.08. The predicted molar refractivity (Wildman–Crippen MR) is 66.0 cm³/mol. The van der Waals surface area contributed by atoms with Crippen LogP contribution >= 0.6 is 11.6 Å². The Hall–Kier alpha value is -1.47. The van der Waals surface area contributed by atoms with Crippen LogP contribution in [0.15, 0.2) is 54.8 Å². The molecule has 2 heteroatoms. The van der Waals surface area contributed by atoms with Crippen molar-refractivity contribution in [3.63, 3.8) is 0 Å². The van der Waals surface area contributed by atoms with Gasteiger partial charge in [0.05, 0.1) is 0 Å². The van der Waals surface area contributed by atoms with E-state index in [1.807, 2.05) is 43.3 Å². The van der Waals surface area contributed by atoms with Gasteiger partial charge < -0.3 is 5.11 Å². The maximum Gasteiger partial charge on any atom is 0.108 e. The van der Waals surface area contributed by atoms with Crippen LogP contribution in [0.4, 0.5) is 0 Å². The fourth-order valence-electron chi connectivity index (χ4n) is 1.19. The van der Waals surface area contributed by atoms with E-state index in [2.05, 4.69) is 6.58 Å². The zero-order chi connectivity index (χ0) is 11.3. The van der Waals surface area contributed by atoms with E-state index in [-0.39, 0.29) is 5.76 Å².